The van der Waals surface area contributed by atoms with Gasteiger partial charge in [-0.25, -0.2) is 0 Å². The van der Waals surface area contributed by atoms with Crippen molar-refractivity contribution in [2.45, 2.75) is 130 Å². The SMILES string of the molecule is CN[C@@H](C)C(=O)N[C@H](C(=O)N1CCC[C@H]1CN(CCc1ccccc1)C(=O)c1cccc(C(=O)N(CCc2ccccc2)C[C@@H]2CCCN2C(=O)[C@@H](NC(=O)[C@H](C)NC)C(C)(C)C)c1)C(C)(C)C. The van der Waals surface area contributed by atoms with Crippen molar-refractivity contribution in [1.82, 2.24) is 40.9 Å². The number of carbonyl (C=O) groups is 6. The highest BCUT2D eigenvalue weighted by atomic mass is 16.2. The lowest BCUT2D eigenvalue weighted by molar-refractivity contribution is -0.141. The first-order valence-corrected chi connectivity index (χ1v) is 24.6. The molecule has 2 fully saturated rings. The van der Waals surface area contributed by atoms with E-state index >= 15 is 0 Å². The predicted octanol–water partition coefficient (Wildman–Crippen LogP) is 5.32. The highest BCUT2D eigenvalue weighted by Crippen LogP contribution is 2.29. The molecule has 68 heavy (non-hydrogen) atoms. The Morgan fingerprint density at radius 1 is 0.574 bits per heavy atom. The summed E-state index contributed by atoms with van der Waals surface area (Å²) in [6, 6.07) is 23.8. The lowest BCUT2D eigenvalue weighted by Crippen LogP contribution is -2.59. The third-order valence-electron chi connectivity index (χ3n) is 13.6. The number of nitrogens with one attached hydrogen (secondary N) is 4. The van der Waals surface area contributed by atoms with Crippen molar-refractivity contribution in [3.8, 4) is 0 Å². The summed E-state index contributed by atoms with van der Waals surface area (Å²) in [7, 11) is 3.41. The molecular formula is C54H78N8O6. The summed E-state index contributed by atoms with van der Waals surface area (Å²) in [4.78, 5) is 92.0. The standard InChI is InChI=1S/C54H78N8O6/c1-37(55-9)47(63)57-45(53(3,4)5)51(67)61-30-18-26-43(61)35-59(32-28-39-20-13-11-14-21-39)49(65)41-24-17-25-42(34-41)50(66)60(33-29-40-22-15-12-16-23-40)36-44-27-19-31-62(44)52(68)46(54(6,7)8)58-48(64)38(2)56-10/h11-17,20-25,34,37-38,43-46,55-56H,18-19,26-33,35-36H2,1-10H3,(H,57,63)(H,58,64)/t37-,38-,43-,44-,45+,46+/m0/s1. The van der Waals surface area contributed by atoms with Gasteiger partial charge in [-0.15, -0.1) is 0 Å². The van der Waals surface area contributed by atoms with E-state index < -0.39 is 35.0 Å². The number of rotatable bonds is 20. The van der Waals surface area contributed by atoms with Gasteiger partial charge >= 0.3 is 0 Å². The van der Waals surface area contributed by atoms with Crippen molar-refractivity contribution < 1.29 is 28.8 Å². The molecule has 6 amide bonds. The minimum absolute atomic E-state index is 0.167. The molecule has 14 nitrogen and oxygen atoms in total. The molecule has 3 aromatic rings. The molecule has 0 radical (unpaired) electrons. The van der Waals surface area contributed by atoms with Crippen molar-refractivity contribution >= 4 is 35.4 Å². The first kappa shape index (κ1) is 53.4. The number of nitrogens with zero attached hydrogens (tertiary/aromatic N) is 4. The summed E-state index contributed by atoms with van der Waals surface area (Å²) in [5.41, 5.74) is 1.73. The van der Waals surface area contributed by atoms with Crippen LogP contribution in [-0.2, 0) is 32.0 Å². The van der Waals surface area contributed by atoms with Crippen molar-refractivity contribution in [3.63, 3.8) is 0 Å². The summed E-state index contributed by atoms with van der Waals surface area (Å²) in [5, 5.41) is 11.9. The van der Waals surface area contributed by atoms with Crippen LogP contribution >= 0.6 is 0 Å². The normalized spacial score (nSPS) is 18.0. The maximum atomic E-state index is 14.9. The summed E-state index contributed by atoms with van der Waals surface area (Å²) >= 11 is 0. The molecule has 2 heterocycles. The molecule has 3 aromatic carbocycles. The molecular weight excluding hydrogens is 857 g/mol. The monoisotopic (exact) mass is 935 g/mol. The second kappa shape index (κ2) is 24.1. The number of carbonyl (C=O) groups excluding carboxylic acids is 6. The van der Waals surface area contributed by atoms with E-state index in [4.69, 9.17) is 0 Å². The number of likely N-dealkylation sites (N-methyl/N-ethyl adjacent to an activating group) is 2. The molecule has 0 aromatic heterocycles. The predicted molar refractivity (Wildman–Crippen MR) is 268 cm³/mol. The first-order valence-electron chi connectivity index (χ1n) is 24.6. The number of hydrogen-bond acceptors (Lipinski definition) is 8. The van der Waals surface area contributed by atoms with Gasteiger partial charge in [0, 0.05) is 62.5 Å². The highest BCUT2D eigenvalue weighted by molar-refractivity contribution is 6.00. The molecule has 0 unspecified atom stereocenters. The molecule has 370 valence electrons. The molecule has 2 aliphatic rings. The van der Waals surface area contributed by atoms with E-state index in [2.05, 4.69) is 21.3 Å². The molecule has 0 saturated carbocycles. The fourth-order valence-corrected chi connectivity index (χ4v) is 9.09. The first-order chi connectivity index (χ1) is 32.2. The lowest BCUT2D eigenvalue weighted by Gasteiger charge is -2.38. The number of amides is 6. The minimum Gasteiger partial charge on any atom is -0.342 e. The Morgan fingerprint density at radius 3 is 1.28 bits per heavy atom. The Hall–Kier alpha value is -5.60. The maximum Gasteiger partial charge on any atom is 0.253 e. The third-order valence-corrected chi connectivity index (χ3v) is 13.6. The zero-order chi connectivity index (χ0) is 49.8. The van der Waals surface area contributed by atoms with Crippen molar-refractivity contribution in [1.29, 1.82) is 0 Å². The molecule has 0 bridgehead atoms. The van der Waals surface area contributed by atoms with Crippen LogP contribution in [0, 0.1) is 10.8 Å². The Kier molecular flexibility index (Phi) is 18.9. The van der Waals surface area contributed by atoms with Crippen LogP contribution in [0.1, 0.15) is 113 Å². The van der Waals surface area contributed by atoms with Crippen LogP contribution in [0.4, 0.5) is 0 Å². The molecule has 4 N–H and O–H groups in total. The van der Waals surface area contributed by atoms with Gasteiger partial charge in [-0.05, 0) is 107 Å². The molecule has 6 atom stereocenters. The van der Waals surface area contributed by atoms with Crippen LogP contribution in [0.3, 0.4) is 0 Å². The van der Waals surface area contributed by atoms with Crippen LogP contribution in [0.5, 0.6) is 0 Å². The summed E-state index contributed by atoms with van der Waals surface area (Å²) in [6.45, 7) is 17.5. The summed E-state index contributed by atoms with van der Waals surface area (Å²) in [6.07, 6.45) is 4.11. The van der Waals surface area contributed by atoms with Gasteiger partial charge in [0.15, 0.2) is 0 Å². The second-order valence-corrected chi connectivity index (χ2v) is 20.8. The molecule has 0 aliphatic carbocycles. The van der Waals surface area contributed by atoms with Gasteiger partial charge in [0.05, 0.1) is 12.1 Å². The molecule has 0 spiro atoms. The Balaban J connectivity index is 1.42. The number of hydrogen-bond donors (Lipinski definition) is 4. The van der Waals surface area contributed by atoms with Gasteiger partial charge in [0.1, 0.15) is 12.1 Å². The van der Waals surface area contributed by atoms with Gasteiger partial charge in [-0.1, -0.05) is 108 Å². The van der Waals surface area contributed by atoms with E-state index in [9.17, 15) is 28.8 Å². The van der Waals surface area contributed by atoms with Crippen LogP contribution < -0.4 is 21.3 Å². The molecule has 14 heteroatoms. The quantitative estimate of drug-likeness (QED) is 0.119. The molecule has 2 aliphatic heterocycles. The summed E-state index contributed by atoms with van der Waals surface area (Å²) in [5.74, 6) is -1.34. The average Bonchev–Trinajstić information content (AvgIpc) is 4.00. The Bertz CT molecular complexity index is 2020. The van der Waals surface area contributed by atoms with Gasteiger partial charge < -0.3 is 40.9 Å². The minimum atomic E-state index is -0.769. The second-order valence-electron chi connectivity index (χ2n) is 20.8. The van der Waals surface area contributed by atoms with E-state index in [1.165, 1.54) is 0 Å². The van der Waals surface area contributed by atoms with Crippen LogP contribution in [0.25, 0.3) is 0 Å². The number of likely N-dealkylation sites (tertiary alicyclic amines) is 2. The zero-order valence-electron chi connectivity index (χ0n) is 42.3. The van der Waals surface area contributed by atoms with Crippen molar-refractivity contribution in [3.05, 3.63) is 107 Å². The lowest BCUT2D eigenvalue weighted by atomic mass is 9.85. The van der Waals surface area contributed by atoms with E-state index in [1.54, 1.807) is 62.0 Å². The highest BCUT2D eigenvalue weighted by Gasteiger charge is 2.43. The largest absolute Gasteiger partial charge is 0.342 e. The molecule has 2 saturated heterocycles. The van der Waals surface area contributed by atoms with Crippen molar-refractivity contribution in [2.75, 3.05) is 53.4 Å². The van der Waals surface area contributed by atoms with E-state index in [-0.39, 0.29) is 60.6 Å². The van der Waals surface area contributed by atoms with Crippen molar-refractivity contribution in [2.24, 2.45) is 10.8 Å². The Labute approximate surface area is 405 Å². The fraction of sp³-hybridized carbons (Fsp3) is 0.556. The third kappa shape index (κ3) is 14.2. The van der Waals surface area contributed by atoms with E-state index in [0.717, 1.165) is 24.0 Å². The zero-order valence-corrected chi connectivity index (χ0v) is 42.3. The smallest absolute Gasteiger partial charge is 0.253 e. The van der Waals surface area contributed by atoms with E-state index in [0.29, 0.717) is 63.0 Å². The topological polar surface area (TPSA) is 163 Å². The van der Waals surface area contributed by atoms with Gasteiger partial charge in [0.2, 0.25) is 23.6 Å². The number of benzene rings is 3. The fourth-order valence-electron chi connectivity index (χ4n) is 9.09. The van der Waals surface area contributed by atoms with Gasteiger partial charge in [-0.2, -0.15) is 0 Å². The molecule has 5 rings (SSSR count). The van der Waals surface area contributed by atoms with Gasteiger partial charge in [-0.3, -0.25) is 28.8 Å². The van der Waals surface area contributed by atoms with Gasteiger partial charge in [0.25, 0.3) is 11.8 Å². The van der Waals surface area contributed by atoms with E-state index in [1.807, 2.05) is 112 Å². The Morgan fingerprint density at radius 2 is 0.941 bits per heavy atom. The maximum absolute atomic E-state index is 14.9. The van der Waals surface area contributed by atoms with Crippen LogP contribution in [0.15, 0.2) is 84.9 Å². The van der Waals surface area contributed by atoms with Crippen LogP contribution in [-0.4, -0.2) is 145 Å². The van der Waals surface area contributed by atoms with Crippen LogP contribution in [0.2, 0.25) is 0 Å². The summed E-state index contributed by atoms with van der Waals surface area (Å²) < 4.78 is 0. The average molecular weight is 935 g/mol.